The third kappa shape index (κ3) is 2.91. The van der Waals surface area contributed by atoms with Crippen LogP contribution in [0.15, 0.2) is 24.3 Å². The Morgan fingerprint density at radius 3 is 2.60 bits per heavy atom. The van der Waals surface area contributed by atoms with Gasteiger partial charge in [0, 0.05) is 18.3 Å². The minimum atomic E-state index is -1.04. The summed E-state index contributed by atoms with van der Waals surface area (Å²) < 4.78 is 5.27. The fraction of sp³-hybridized carbons (Fsp3) is 0.429. The Hall–Kier alpha value is -2.08. The molecule has 1 amide bonds. The van der Waals surface area contributed by atoms with Crippen molar-refractivity contribution in [1.82, 2.24) is 0 Å². The summed E-state index contributed by atoms with van der Waals surface area (Å²) in [5.74, 6) is -1.24. The van der Waals surface area contributed by atoms with Gasteiger partial charge in [0.2, 0.25) is 0 Å². The second-order valence-corrected chi connectivity index (χ2v) is 4.63. The quantitative estimate of drug-likeness (QED) is 0.869. The van der Waals surface area contributed by atoms with Crippen molar-refractivity contribution in [3.63, 3.8) is 0 Å². The van der Waals surface area contributed by atoms with Gasteiger partial charge < -0.3 is 19.8 Å². The summed E-state index contributed by atoms with van der Waals surface area (Å²) in [7, 11) is 0. The zero-order chi connectivity index (χ0) is 14.7. The van der Waals surface area contributed by atoms with Crippen LogP contribution in [-0.2, 0) is 14.3 Å². The van der Waals surface area contributed by atoms with Gasteiger partial charge in [0.15, 0.2) is 6.10 Å². The van der Waals surface area contributed by atoms with Gasteiger partial charge in [0.1, 0.15) is 11.9 Å². The normalized spacial score (nSPS) is 21.6. The van der Waals surface area contributed by atoms with E-state index in [9.17, 15) is 14.7 Å². The Bertz CT molecular complexity index is 516. The molecular weight excluding hydrogens is 262 g/mol. The topological polar surface area (TPSA) is 87.1 Å². The van der Waals surface area contributed by atoms with Crippen molar-refractivity contribution in [2.24, 2.45) is 0 Å². The molecule has 2 unspecified atom stereocenters. The number of carboxylic acid groups (broad SMARTS) is 1. The molecule has 0 radical (unpaired) electrons. The van der Waals surface area contributed by atoms with Gasteiger partial charge >= 0.3 is 5.97 Å². The molecule has 0 spiro atoms. The summed E-state index contributed by atoms with van der Waals surface area (Å²) in [4.78, 5) is 24.7. The summed E-state index contributed by atoms with van der Waals surface area (Å²) in [6.45, 7) is 2.23. The summed E-state index contributed by atoms with van der Waals surface area (Å²) >= 11 is 0. The number of carbonyl (C=O) groups excluding carboxylic acids is 1. The van der Waals surface area contributed by atoms with Crippen molar-refractivity contribution in [2.45, 2.75) is 32.0 Å². The predicted molar refractivity (Wildman–Crippen MR) is 71.7 cm³/mol. The van der Waals surface area contributed by atoms with E-state index in [-0.39, 0.29) is 11.7 Å². The summed E-state index contributed by atoms with van der Waals surface area (Å²) in [5, 5.41) is 18.4. The molecule has 108 valence electrons. The van der Waals surface area contributed by atoms with E-state index < -0.39 is 18.2 Å². The molecule has 2 N–H and O–H groups in total. The molecule has 1 aliphatic heterocycles. The van der Waals surface area contributed by atoms with Gasteiger partial charge in [-0.2, -0.15) is 0 Å². The number of aromatic hydroxyl groups is 1. The number of phenols is 1. The number of phenolic OH excluding ortho intramolecular Hbond substituents is 1. The average molecular weight is 279 g/mol. The second kappa shape index (κ2) is 5.92. The number of anilines is 1. The first kappa shape index (κ1) is 14.3. The predicted octanol–water partition coefficient (Wildman–Crippen LogP) is 1.38. The van der Waals surface area contributed by atoms with Gasteiger partial charge in [0.25, 0.3) is 5.91 Å². The zero-order valence-electron chi connectivity index (χ0n) is 11.2. The number of carboxylic acids is 1. The van der Waals surface area contributed by atoms with E-state index in [1.165, 1.54) is 17.0 Å². The first-order valence-electron chi connectivity index (χ1n) is 6.51. The SMILES string of the molecule is CCN(C(=O)C1CCC(C(=O)O)O1)c1cccc(O)c1. The summed E-state index contributed by atoms with van der Waals surface area (Å²) in [5.41, 5.74) is 0.569. The Balaban J connectivity index is 2.12. The van der Waals surface area contributed by atoms with Crippen molar-refractivity contribution in [3.8, 4) is 5.75 Å². The van der Waals surface area contributed by atoms with Crippen molar-refractivity contribution in [3.05, 3.63) is 24.3 Å². The van der Waals surface area contributed by atoms with E-state index in [1.54, 1.807) is 12.1 Å². The van der Waals surface area contributed by atoms with Crippen LogP contribution < -0.4 is 4.90 Å². The standard InChI is InChI=1S/C14H17NO5/c1-2-15(9-4-3-5-10(16)8-9)13(17)11-6-7-12(20-11)14(18)19/h3-5,8,11-12,16H,2,6-7H2,1H3,(H,18,19). The largest absolute Gasteiger partial charge is 0.508 e. The Kier molecular flexibility index (Phi) is 4.24. The molecule has 6 nitrogen and oxygen atoms in total. The Labute approximate surface area is 116 Å². The third-order valence-electron chi connectivity index (χ3n) is 3.29. The number of rotatable bonds is 4. The van der Waals surface area contributed by atoms with E-state index in [4.69, 9.17) is 9.84 Å². The molecule has 6 heteroatoms. The van der Waals surface area contributed by atoms with E-state index in [0.29, 0.717) is 25.1 Å². The first-order valence-corrected chi connectivity index (χ1v) is 6.51. The molecule has 1 aliphatic rings. The van der Waals surface area contributed by atoms with E-state index >= 15 is 0 Å². The molecule has 0 aromatic heterocycles. The second-order valence-electron chi connectivity index (χ2n) is 4.63. The van der Waals surface area contributed by atoms with Gasteiger partial charge in [-0.3, -0.25) is 4.79 Å². The molecule has 0 saturated carbocycles. The minimum Gasteiger partial charge on any atom is -0.508 e. The molecule has 0 aliphatic carbocycles. The maximum absolute atomic E-state index is 12.4. The molecule has 2 atom stereocenters. The highest BCUT2D eigenvalue weighted by Gasteiger charge is 2.36. The zero-order valence-corrected chi connectivity index (χ0v) is 11.2. The Morgan fingerprint density at radius 2 is 2.05 bits per heavy atom. The smallest absolute Gasteiger partial charge is 0.332 e. The molecule has 1 saturated heterocycles. The van der Waals surface area contributed by atoms with Gasteiger partial charge in [-0.05, 0) is 31.9 Å². The van der Waals surface area contributed by atoms with Gasteiger partial charge in [-0.15, -0.1) is 0 Å². The van der Waals surface area contributed by atoms with E-state index in [0.717, 1.165) is 0 Å². The van der Waals surface area contributed by atoms with Crippen LogP contribution in [-0.4, -0.2) is 40.8 Å². The number of likely N-dealkylation sites (N-methyl/N-ethyl adjacent to an activating group) is 1. The lowest BCUT2D eigenvalue weighted by atomic mass is 10.1. The van der Waals surface area contributed by atoms with Crippen molar-refractivity contribution >= 4 is 17.6 Å². The van der Waals surface area contributed by atoms with Crippen LogP contribution in [0.5, 0.6) is 5.75 Å². The fourth-order valence-electron chi connectivity index (χ4n) is 2.30. The minimum absolute atomic E-state index is 0.0736. The highest BCUT2D eigenvalue weighted by Crippen LogP contribution is 2.26. The molecule has 2 rings (SSSR count). The number of ether oxygens (including phenoxy) is 1. The number of benzene rings is 1. The molecule has 1 aromatic rings. The maximum atomic E-state index is 12.4. The number of carbonyl (C=O) groups is 2. The van der Waals surface area contributed by atoms with Gasteiger partial charge in [-0.1, -0.05) is 6.07 Å². The number of hydrogen-bond donors (Lipinski definition) is 2. The monoisotopic (exact) mass is 279 g/mol. The van der Waals surface area contributed by atoms with Gasteiger partial charge in [0.05, 0.1) is 0 Å². The van der Waals surface area contributed by atoms with Crippen molar-refractivity contribution in [1.29, 1.82) is 0 Å². The third-order valence-corrected chi connectivity index (χ3v) is 3.29. The molecule has 1 fully saturated rings. The van der Waals surface area contributed by atoms with Crippen molar-refractivity contribution < 1.29 is 24.5 Å². The van der Waals surface area contributed by atoms with Crippen LogP contribution in [0.2, 0.25) is 0 Å². The molecule has 1 heterocycles. The number of aliphatic carboxylic acids is 1. The van der Waals surface area contributed by atoms with Crippen LogP contribution in [0.1, 0.15) is 19.8 Å². The lowest BCUT2D eigenvalue weighted by molar-refractivity contribution is -0.151. The average Bonchev–Trinajstić information content (AvgIpc) is 2.89. The Morgan fingerprint density at radius 1 is 1.35 bits per heavy atom. The molecular formula is C14H17NO5. The lowest BCUT2D eigenvalue weighted by Gasteiger charge is -2.24. The van der Waals surface area contributed by atoms with Crippen LogP contribution in [0.25, 0.3) is 0 Å². The van der Waals surface area contributed by atoms with Crippen LogP contribution in [0, 0.1) is 0 Å². The van der Waals surface area contributed by atoms with Gasteiger partial charge in [-0.25, -0.2) is 4.79 Å². The van der Waals surface area contributed by atoms with Crippen LogP contribution in [0.4, 0.5) is 5.69 Å². The summed E-state index contributed by atoms with van der Waals surface area (Å²) in [6.07, 6.45) is -0.917. The number of nitrogens with zero attached hydrogens (tertiary/aromatic N) is 1. The highest BCUT2D eigenvalue weighted by atomic mass is 16.5. The van der Waals surface area contributed by atoms with E-state index in [2.05, 4.69) is 0 Å². The lowest BCUT2D eigenvalue weighted by Crippen LogP contribution is -2.39. The fourth-order valence-corrected chi connectivity index (χ4v) is 2.30. The highest BCUT2D eigenvalue weighted by molar-refractivity contribution is 5.97. The van der Waals surface area contributed by atoms with Crippen molar-refractivity contribution in [2.75, 3.05) is 11.4 Å². The maximum Gasteiger partial charge on any atom is 0.332 e. The van der Waals surface area contributed by atoms with Crippen LogP contribution >= 0.6 is 0 Å². The summed E-state index contributed by atoms with van der Waals surface area (Å²) in [6, 6.07) is 6.38. The van der Waals surface area contributed by atoms with Crippen LogP contribution in [0.3, 0.4) is 0 Å². The number of hydrogen-bond acceptors (Lipinski definition) is 4. The first-order chi connectivity index (χ1) is 9.52. The molecule has 20 heavy (non-hydrogen) atoms. The number of amides is 1. The van der Waals surface area contributed by atoms with E-state index in [1.807, 2.05) is 6.92 Å². The molecule has 1 aromatic carbocycles. The molecule has 0 bridgehead atoms.